The van der Waals surface area contributed by atoms with Crippen LogP contribution in [0.15, 0.2) is 0 Å². The molecule has 1 unspecified atom stereocenters. The molecule has 3 N–H and O–H groups in total. The van der Waals surface area contributed by atoms with Crippen LogP contribution in [0.5, 0.6) is 0 Å². The van der Waals surface area contributed by atoms with E-state index < -0.39 is 22.2 Å². The second-order valence-electron chi connectivity index (χ2n) is 4.44. The maximum Gasteiger partial charge on any atom is 0.304 e. The average molecular weight is 250 g/mol. The van der Waals surface area contributed by atoms with Gasteiger partial charge in [0.25, 0.3) is 10.2 Å². The molecule has 0 amide bonds. The van der Waals surface area contributed by atoms with Crippen LogP contribution in [0.3, 0.4) is 0 Å². The third-order valence-electron chi connectivity index (χ3n) is 2.28. The third-order valence-corrected chi connectivity index (χ3v) is 3.68. The Hall–Kier alpha value is -0.660. The van der Waals surface area contributed by atoms with Gasteiger partial charge in [-0.2, -0.15) is 17.9 Å². The Bertz CT molecular complexity index is 349. The van der Waals surface area contributed by atoms with Gasteiger partial charge in [-0.25, -0.2) is 0 Å². The van der Waals surface area contributed by atoms with Crippen molar-refractivity contribution in [1.82, 2.24) is 9.44 Å². The maximum atomic E-state index is 11.5. The Labute approximate surface area is 95.6 Å². The Kier molecular flexibility index (Phi) is 4.28. The number of carboxylic acid groups (broad SMARTS) is 1. The largest absolute Gasteiger partial charge is 0.481 e. The summed E-state index contributed by atoms with van der Waals surface area (Å²) in [7, 11) is -3.59. The van der Waals surface area contributed by atoms with Crippen molar-refractivity contribution in [3.63, 3.8) is 0 Å². The number of rotatable bonds is 7. The van der Waals surface area contributed by atoms with Crippen LogP contribution in [0, 0.1) is 5.92 Å². The topological polar surface area (TPSA) is 95.5 Å². The van der Waals surface area contributed by atoms with Crippen molar-refractivity contribution in [2.75, 3.05) is 0 Å². The summed E-state index contributed by atoms with van der Waals surface area (Å²) in [6.45, 7) is 3.42. The number of carbonyl (C=O) groups is 1. The Morgan fingerprint density at radius 1 is 1.38 bits per heavy atom. The van der Waals surface area contributed by atoms with Crippen LogP contribution in [0.2, 0.25) is 0 Å². The lowest BCUT2D eigenvalue weighted by molar-refractivity contribution is -0.137. The fourth-order valence-corrected chi connectivity index (χ4v) is 2.90. The monoisotopic (exact) mass is 250 g/mol. The molecule has 0 aromatic heterocycles. The summed E-state index contributed by atoms with van der Waals surface area (Å²) in [4.78, 5) is 10.6. The zero-order valence-corrected chi connectivity index (χ0v) is 10.3. The van der Waals surface area contributed by atoms with Crippen molar-refractivity contribution in [2.45, 2.75) is 45.2 Å². The first-order valence-corrected chi connectivity index (χ1v) is 6.80. The summed E-state index contributed by atoms with van der Waals surface area (Å²) >= 11 is 0. The lowest BCUT2D eigenvalue weighted by atomic mass is 10.1. The number of hydrogen-bond acceptors (Lipinski definition) is 3. The molecule has 1 fully saturated rings. The standard InChI is InChI=1S/C9H18N2O4S/c1-6(2)10-16(14,15)11-8(5-9(12)13)7-3-4-7/h6-8,10-11H,3-5H2,1-2H3,(H,12,13). The van der Waals surface area contributed by atoms with Gasteiger partial charge in [0.05, 0.1) is 6.42 Å². The number of nitrogens with one attached hydrogen (secondary N) is 2. The highest BCUT2D eigenvalue weighted by molar-refractivity contribution is 7.87. The molecule has 1 aliphatic carbocycles. The van der Waals surface area contributed by atoms with E-state index in [2.05, 4.69) is 9.44 Å². The predicted octanol–water partition coefficient (Wildman–Crippen LogP) is 0.0721. The zero-order valence-electron chi connectivity index (χ0n) is 9.43. The molecule has 7 heteroatoms. The molecule has 0 saturated heterocycles. The lowest BCUT2D eigenvalue weighted by Crippen LogP contribution is -2.46. The van der Waals surface area contributed by atoms with Gasteiger partial charge in [-0.1, -0.05) is 0 Å². The first-order valence-electron chi connectivity index (χ1n) is 5.31. The molecule has 16 heavy (non-hydrogen) atoms. The van der Waals surface area contributed by atoms with Gasteiger partial charge < -0.3 is 5.11 Å². The first kappa shape index (κ1) is 13.4. The van der Waals surface area contributed by atoms with E-state index in [1.807, 2.05) is 0 Å². The van der Waals surface area contributed by atoms with E-state index in [0.717, 1.165) is 12.8 Å². The molecule has 0 bridgehead atoms. The Morgan fingerprint density at radius 3 is 2.31 bits per heavy atom. The predicted molar refractivity (Wildman–Crippen MR) is 59.1 cm³/mol. The summed E-state index contributed by atoms with van der Waals surface area (Å²) in [5.74, 6) is -0.816. The summed E-state index contributed by atoms with van der Waals surface area (Å²) < 4.78 is 27.9. The van der Waals surface area contributed by atoms with Gasteiger partial charge in [0.1, 0.15) is 0 Å². The SMILES string of the molecule is CC(C)NS(=O)(=O)NC(CC(=O)O)C1CC1. The molecule has 1 rings (SSSR count). The fourth-order valence-electron chi connectivity index (χ4n) is 1.53. The molecule has 1 saturated carbocycles. The van der Waals surface area contributed by atoms with Crippen molar-refractivity contribution in [3.05, 3.63) is 0 Å². The van der Waals surface area contributed by atoms with Crippen LogP contribution in [0.4, 0.5) is 0 Å². The molecular weight excluding hydrogens is 232 g/mol. The molecule has 0 heterocycles. The number of aliphatic carboxylic acids is 1. The zero-order chi connectivity index (χ0) is 12.3. The van der Waals surface area contributed by atoms with Gasteiger partial charge in [0, 0.05) is 12.1 Å². The summed E-state index contributed by atoms with van der Waals surface area (Å²) in [6.07, 6.45) is 1.62. The summed E-state index contributed by atoms with van der Waals surface area (Å²) in [6, 6.07) is -0.698. The van der Waals surface area contributed by atoms with Crippen molar-refractivity contribution in [2.24, 2.45) is 5.92 Å². The van der Waals surface area contributed by atoms with Gasteiger partial charge in [-0.3, -0.25) is 4.79 Å². The van der Waals surface area contributed by atoms with E-state index >= 15 is 0 Å². The van der Waals surface area contributed by atoms with Crippen LogP contribution in [0.25, 0.3) is 0 Å². The minimum absolute atomic E-state index is 0.163. The smallest absolute Gasteiger partial charge is 0.304 e. The molecule has 94 valence electrons. The van der Waals surface area contributed by atoms with Crippen LogP contribution >= 0.6 is 0 Å². The van der Waals surface area contributed by atoms with Crippen LogP contribution in [0.1, 0.15) is 33.1 Å². The van der Waals surface area contributed by atoms with E-state index in [1.165, 1.54) is 0 Å². The van der Waals surface area contributed by atoms with E-state index in [-0.39, 0.29) is 18.4 Å². The minimum Gasteiger partial charge on any atom is -0.481 e. The summed E-state index contributed by atoms with van der Waals surface area (Å²) in [5, 5.41) is 8.68. The molecule has 0 aliphatic heterocycles. The lowest BCUT2D eigenvalue weighted by Gasteiger charge is -2.17. The fraction of sp³-hybridized carbons (Fsp3) is 0.889. The van der Waals surface area contributed by atoms with Crippen LogP contribution < -0.4 is 9.44 Å². The average Bonchev–Trinajstić information content (AvgIpc) is 2.79. The van der Waals surface area contributed by atoms with Crippen molar-refractivity contribution >= 4 is 16.2 Å². The van der Waals surface area contributed by atoms with Crippen molar-refractivity contribution in [3.8, 4) is 0 Å². The van der Waals surface area contributed by atoms with Gasteiger partial charge in [0.15, 0.2) is 0 Å². The highest BCUT2D eigenvalue weighted by Crippen LogP contribution is 2.34. The Morgan fingerprint density at radius 2 is 1.94 bits per heavy atom. The van der Waals surface area contributed by atoms with Crippen LogP contribution in [-0.2, 0) is 15.0 Å². The minimum atomic E-state index is -3.59. The van der Waals surface area contributed by atoms with Gasteiger partial charge in [0.2, 0.25) is 0 Å². The first-order chi connectivity index (χ1) is 7.30. The van der Waals surface area contributed by atoms with Crippen LogP contribution in [-0.4, -0.2) is 31.6 Å². The van der Waals surface area contributed by atoms with Crippen molar-refractivity contribution in [1.29, 1.82) is 0 Å². The molecule has 0 aromatic carbocycles. The number of carboxylic acids is 1. The number of hydrogen-bond donors (Lipinski definition) is 3. The molecule has 6 nitrogen and oxygen atoms in total. The normalized spacial score (nSPS) is 18.7. The highest BCUT2D eigenvalue weighted by Gasteiger charge is 2.35. The maximum absolute atomic E-state index is 11.5. The van der Waals surface area contributed by atoms with Gasteiger partial charge in [-0.15, -0.1) is 0 Å². The molecule has 0 aromatic rings. The second kappa shape index (κ2) is 5.11. The van der Waals surface area contributed by atoms with E-state index in [9.17, 15) is 13.2 Å². The third kappa shape index (κ3) is 4.91. The Balaban J connectivity index is 2.57. The highest BCUT2D eigenvalue weighted by atomic mass is 32.2. The molecule has 1 aliphatic rings. The van der Waals surface area contributed by atoms with E-state index in [1.54, 1.807) is 13.8 Å². The van der Waals surface area contributed by atoms with Gasteiger partial charge in [-0.05, 0) is 32.6 Å². The summed E-state index contributed by atoms with van der Waals surface area (Å²) in [5.41, 5.74) is 0. The van der Waals surface area contributed by atoms with Gasteiger partial charge >= 0.3 is 5.97 Å². The quantitative estimate of drug-likeness (QED) is 0.596. The molecule has 0 spiro atoms. The van der Waals surface area contributed by atoms with E-state index in [0.29, 0.717) is 0 Å². The van der Waals surface area contributed by atoms with Crippen molar-refractivity contribution < 1.29 is 18.3 Å². The molecule has 1 atom stereocenters. The second-order valence-corrected chi connectivity index (χ2v) is 5.91. The molecule has 0 radical (unpaired) electrons. The van der Waals surface area contributed by atoms with E-state index in [4.69, 9.17) is 5.11 Å². The molecular formula is C9H18N2O4S.